The minimum atomic E-state index is -1.50. The summed E-state index contributed by atoms with van der Waals surface area (Å²) >= 11 is 15.8. The van der Waals surface area contributed by atoms with Crippen LogP contribution in [0.3, 0.4) is 0 Å². The molecule has 45 heavy (non-hydrogen) atoms. The Hall–Kier alpha value is -4.05. The van der Waals surface area contributed by atoms with E-state index in [0.29, 0.717) is 45.6 Å². The topological polar surface area (TPSA) is 129 Å². The summed E-state index contributed by atoms with van der Waals surface area (Å²) in [4.78, 5) is 22.5. The molecule has 5 rings (SSSR count). The number of aliphatic hydroxyl groups is 1. The van der Waals surface area contributed by atoms with E-state index in [1.54, 1.807) is 66.7 Å². The first-order chi connectivity index (χ1) is 21.8. The number of halogens is 3. The number of rotatable bonds is 12. The van der Waals surface area contributed by atoms with Gasteiger partial charge in [0.25, 0.3) is 5.91 Å². The zero-order chi connectivity index (χ0) is 31.8. The molecule has 1 heterocycles. The van der Waals surface area contributed by atoms with Crippen LogP contribution in [0, 0.1) is 0 Å². The van der Waals surface area contributed by atoms with E-state index in [1.165, 1.54) is 0 Å². The molecule has 12 heteroatoms. The van der Waals surface area contributed by atoms with Gasteiger partial charge in [-0.15, -0.1) is 0 Å². The summed E-state index contributed by atoms with van der Waals surface area (Å²) in [6, 6.07) is 26.9. The number of hydrogen-bond acceptors (Lipinski definition) is 6. The number of benzene rings is 4. The Morgan fingerprint density at radius 1 is 1.04 bits per heavy atom. The number of ether oxygens (including phenoxy) is 2. The van der Waals surface area contributed by atoms with Crippen molar-refractivity contribution >= 4 is 56.6 Å². The summed E-state index contributed by atoms with van der Waals surface area (Å²) in [5.41, 5.74) is 10.9. The second-order valence-electron chi connectivity index (χ2n) is 10.3. The van der Waals surface area contributed by atoms with Gasteiger partial charge in [-0.05, 0) is 65.2 Å². The molecule has 0 spiro atoms. The van der Waals surface area contributed by atoms with Gasteiger partial charge in [0.05, 0.1) is 16.7 Å². The minimum absolute atomic E-state index is 0.0367. The van der Waals surface area contributed by atoms with Crippen LogP contribution in [0.4, 0.5) is 5.69 Å². The van der Waals surface area contributed by atoms with Crippen molar-refractivity contribution in [2.75, 3.05) is 13.2 Å². The van der Waals surface area contributed by atoms with Gasteiger partial charge >= 0.3 is 0 Å². The van der Waals surface area contributed by atoms with Gasteiger partial charge in [-0.1, -0.05) is 86.7 Å². The number of hydrogen-bond donors (Lipinski definition) is 2. The molecular weight excluding hydrogens is 681 g/mol. The zero-order valence-corrected chi connectivity index (χ0v) is 27.0. The predicted molar refractivity (Wildman–Crippen MR) is 178 cm³/mol. The molecule has 0 aliphatic carbocycles. The number of aliphatic imine (C=N–C) groups is 1. The van der Waals surface area contributed by atoms with Gasteiger partial charge < -0.3 is 19.9 Å². The fraction of sp³-hybridized carbons (Fsp3) is 0.212. The van der Waals surface area contributed by atoms with Crippen molar-refractivity contribution in [3.05, 3.63) is 138 Å². The van der Waals surface area contributed by atoms with Crippen molar-refractivity contribution in [2.45, 2.75) is 31.0 Å². The molecule has 0 radical (unpaired) electrons. The van der Waals surface area contributed by atoms with Crippen LogP contribution in [0.1, 0.15) is 34.8 Å². The van der Waals surface area contributed by atoms with Gasteiger partial charge in [0.1, 0.15) is 5.75 Å². The summed E-state index contributed by atoms with van der Waals surface area (Å²) in [6.45, 7) is 0.573. The van der Waals surface area contributed by atoms with Crippen molar-refractivity contribution in [1.29, 1.82) is 0 Å². The summed E-state index contributed by atoms with van der Waals surface area (Å²) in [7, 11) is 0. The Bertz CT molecular complexity index is 1750. The van der Waals surface area contributed by atoms with Gasteiger partial charge in [0.2, 0.25) is 5.90 Å². The molecule has 2 N–H and O–H groups in total. The maximum Gasteiger partial charge on any atom is 0.252 e. The van der Waals surface area contributed by atoms with Gasteiger partial charge in [-0.3, -0.25) is 4.79 Å². The first kappa shape index (κ1) is 32.3. The maximum absolute atomic E-state index is 14.5. The normalized spacial score (nSPS) is 17.2. The number of aliphatic hydroxyl groups excluding tert-OH is 1. The molecule has 4 aromatic carbocycles. The lowest BCUT2D eigenvalue weighted by atomic mass is 9.81. The van der Waals surface area contributed by atoms with Gasteiger partial charge in [-0.2, -0.15) is 0 Å². The SMILES string of the molecule is [N-]=[N+]=Nc1ccccc1[C@H]1OC(c2ccc(OCCCO)cc2)=N[C@@]1(Cc1ccc(Br)cc1)C(=O)NCc1ccc(Cl)c(Cl)c1. The summed E-state index contributed by atoms with van der Waals surface area (Å²) in [6.07, 6.45) is -0.263. The maximum atomic E-state index is 14.5. The molecule has 1 aliphatic rings. The highest BCUT2D eigenvalue weighted by Gasteiger charge is 2.53. The van der Waals surface area contributed by atoms with E-state index in [0.717, 1.165) is 15.6 Å². The smallest absolute Gasteiger partial charge is 0.252 e. The quantitative estimate of drug-likeness (QED) is 0.0664. The van der Waals surface area contributed by atoms with E-state index < -0.39 is 17.6 Å². The Kier molecular flexibility index (Phi) is 10.7. The lowest BCUT2D eigenvalue weighted by molar-refractivity contribution is -0.129. The fourth-order valence-corrected chi connectivity index (χ4v) is 5.59. The molecule has 230 valence electrons. The standard InChI is InChI=1S/C33H28BrCl2N5O4/c34-24-11-6-21(7-12-24)19-33(32(43)38-20-22-8-15-27(35)28(36)18-22)30(26-4-1-2-5-29(26)40-41-37)45-31(39-33)23-9-13-25(14-10-23)44-17-3-16-42/h1-2,4-15,18,30,42H,3,16-17,19-20H2,(H,38,43)/t30-,33-/m1/s1. The average molecular weight is 709 g/mol. The number of azide groups is 1. The van der Waals surface area contributed by atoms with Crippen LogP contribution in [0.15, 0.2) is 106 Å². The average Bonchev–Trinajstić information content (AvgIpc) is 3.43. The summed E-state index contributed by atoms with van der Waals surface area (Å²) in [5, 5.41) is 16.8. The van der Waals surface area contributed by atoms with E-state index in [-0.39, 0.29) is 25.5 Å². The molecule has 0 aromatic heterocycles. The van der Waals surface area contributed by atoms with Crippen LogP contribution in [0.5, 0.6) is 5.75 Å². The third-order valence-electron chi connectivity index (χ3n) is 7.23. The van der Waals surface area contributed by atoms with Crippen molar-refractivity contribution in [2.24, 2.45) is 10.1 Å². The Morgan fingerprint density at radius 2 is 1.78 bits per heavy atom. The minimum Gasteiger partial charge on any atom is -0.494 e. The van der Waals surface area contributed by atoms with E-state index >= 15 is 0 Å². The molecule has 0 saturated heterocycles. The van der Waals surface area contributed by atoms with Crippen molar-refractivity contribution < 1.29 is 19.4 Å². The van der Waals surface area contributed by atoms with Crippen LogP contribution in [-0.2, 0) is 22.5 Å². The van der Waals surface area contributed by atoms with Crippen molar-refractivity contribution in [3.63, 3.8) is 0 Å². The van der Waals surface area contributed by atoms with Crippen LogP contribution in [0.2, 0.25) is 10.0 Å². The summed E-state index contributed by atoms with van der Waals surface area (Å²) < 4.78 is 13.1. The highest BCUT2D eigenvalue weighted by molar-refractivity contribution is 9.10. The van der Waals surface area contributed by atoms with Gasteiger partial charge in [0, 0.05) is 52.2 Å². The number of carbonyl (C=O) groups excluding carboxylic acids is 1. The number of carbonyl (C=O) groups is 1. The van der Waals surface area contributed by atoms with E-state index in [1.807, 2.05) is 24.3 Å². The molecule has 4 aromatic rings. The third kappa shape index (κ3) is 7.61. The molecule has 1 aliphatic heterocycles. The van der Waals surface area contributed by atoms with Gasteiger partial charge in [-0.25, -0.2) is 4.99 Å². The molecule has 0 saturated carbocycles. The third-order valence-corrected chi connectivity index (χ3v) is 8.49. The highest BCUT2D eigenvalue weighted by atomic mass is 79.9. The molecule has 0 unspecified atom stereocenters. The van der Waals surface area contributed by atoms with Crippen LogP contribution < -0.4 is 10.1 Å². The van der Waals surface area contributed by atoms with Crippen LogP contribution >= 0.6 is 39.1 Å². The van der Waals surface area contributed by atoms with E-state index in [9.17, 15) is 10.3 Å². The number of amides is 1. The van der Waals surface area contributed by atoms with Crippen molar-refractivity contribution in [3.8, 4) is 5.75 Å². The second kappa shape index (κ2) is 14.8. The largest absolute Gasteiger partial charge is 0.494 e. The second-order valence-corrected chi connectivity index (χ2v) is 12.0. The van der Waals surface area contributed by atoms with Crippen LogP contribution in [0.25, 0.3) is 10.4 Å². The predicted octanol–water partition coefficient (Wildman–Crippen LogP) is 8.27. The monoisotopic (exact) mass is 707 g/mol. The first-order valence-corrected chi connectivity index (χ1v) is 15.6. The van der Waals surface area contributed by atoms with Crippen LogP contribution in [-0.4, -0.2) is 35.7 Å². The van der Waals surface area contributed by atoms with Crippen molar-refractivity contribution in [1.82, 2.24) is 5.32 Å². The number of nitrogens with zero attached hydrogens (tertiary/aromatic N) is 4. The molecule has 0 bridgehead atoms. The summed E-state index contributed by atoms with van der Waals surface area (Å²) in [5.74, 6) is 0.479. The first-order valence-electron chi connectivity index (χ1n) is 14.0. The molecular formula is C33H28BrCl2N5O4. The Labute approximate surface area is 278 Å². The zero-order valence-electron chi connectivity index (χ0n) is 23.9. The Balaban J connectivity index is 1.60. The lowest BCUT2D eigenvalue weighted by Crippen LogP contribution is -2.49. The Morgan fingerprint density at radius 3 is 2.49 bits per heavy atom. The highest BCUT2D eigenvalue weighted by Crippen LogP contribution is 2.45. The fourth-order valence-electron chi connectivity index (χ4n) is 5.01. The molecule has 9 nitrogen and oxygen atoms in total. The van der Waals surface area contributed by atoms with E-state index in [4.69, 9.17) is 42.8 Å². The molecule has 2 atom stereocenters. The van der Waals surface area contributed by atoms with Gasteiger partial charge in [0.15, 0.2) is 11.6 Å². The number of nitrogens with one attached hydrogen (secondary N) is 1. The molecule has 1 amide bonds. The lowest BCUT2D eigenvalue weighted by Gasteiger charge is -2.31. The van der Waals surface area contributed by atoms with E-state index in [2.05, 4.69) is 31.3 Å². The molecule has 0 fully saturated rings.